The van der Waals surface area contributed by atoms with Gasteiger partial charge >= 0.3 is 5.97 Å². The van der Waals surface area contributed by atoms with Gasteiger partial charge in [-0.2, -0.15) is 0 Å². The number of aryl methyl sites for hydroxylation is 1. The lowest BCUT2D eigenvalue weighted by molar-refractivity contribution is -0.138. The van der Waals surface area contributed by atoms with Gasteiger partial charge in [0.05, 0.1) is 0 Å². The molecule has 4 nitrogen and oxygen atoms in total. The van der Waals surface area contributed by atoms with Crippen molar-refractivity contribution in [2.24, 2.45) is 0 Å². The van der Waals surface area contributed by atoms with Gasteiger partial charge in [0.1, 0.15) is 11.9 Å². The van der Waals surface area contributed by atoms with E-state index in [-0.39, 0.29) is 12.3 Å². The molecule has 1 heterocycles. The largest absolute Gasteiger partial charge is 0.480 e. The van der Waals surface area contributed by atoms with Crippen LogP contribution in [0.25, 0.3) is 0 Å². The maximum Gasteiger partial charge on any atom is 0.326 e. The summed E-state index contributed by atoms with van der Waals surface area (Å²) in [6.45, 7) is 1.66. The number of carbonyl (C=O) groups is 2. The molecule has 1 aromatic carbocycles. The van der Waals surface area contributed by atoms with Crippen LogP contribution in [0.2, 0.25) is 0 Å². The lowest BCUT2D eigenvalue weighted by atomic mass is 10.1. The number of carbonyl (C=O) groups excluding carboxylic acids is 1. The zero-order valence-electron chi connectivity index (χ0n) is 9.31. The Morgan fingerprint density at radius 3 is 2.82 bits per heavy atom. The molecule has 1 fully saturated rings. The number of rotatable bonds is 2. The van der Waals surface area contributed by atoms with Gasteiger partial charge in [-0.1, -0.05) is 0 Å². The minimum atomic E-state index is -1.03. The molecule has 1 unspecified atom stereocenters. The van der Waals surface area contributed by atoms with E-state index in [0.29, 0.717) is 17.7 Å². The summed E-state index contributed by atoms with van der Waals surface area (Å²) in [6, 6.07) is 3.13. The van der Waals surface area contributed by atoms with Crippen LogP contribution in [0.3, 0.4) is 0 Å². The maximum absolute atomic E-state index is 13.0. The third-order valence-corrected chi connectivity index (χ3v) is 2.92. The second-order valence-electron chi connectivity index (χ2n) is 4.09. The van der Waals surface area contributed by atoms with Crippen molar-refractivity contribution in [3.63, 3.8) is 0 Å². The maximum atomic E-state index is 13.0. The number of anilines is 1. The van der Waals surface area contributed by atoms with Crippen LogP contribution < -0.4 is 4.90 Å². The quantitative estimate of drug-likeness (QED) is 0.851. The Morgan fingerprint density at radius 2 is 2.24 bits per heavy atom. The van der Waals surface area contributed by atoms with E-state index in [1.807, 2.05) is 0 Å². The minimum Gasteiger partial charge on any atom is -0.480 e. The molecule has 90 valence electrons. The Kier molecular flexibility index (Phi) is 2.83. The number of halogens is 1. The van der Waals surface area contributed by atoms with E-state index in [2.05, 4.69) is 0 Å². The summed E-state index contributed by atoms with van der Waals surface area (Å²) in [4.78, 5) is 24.0. The van der Waals surface area contributed by atoms with Crippen LogP contribution in [-0.4, -0.2) is 23.0 Å². The summed E-state index contributed by atoms with van der Waals surface area (Å²) in [7, 11) is 0. The number of hydrogen-bond donors (Lipinski definition) is 1. The summed E-state index contributed by atoms with van der Waals surface area (Å²) in [6.07, 6.45) is 0.513. The molecule has 1 aliphatic heterocycles. The summed E-state index contributed by atoms with van der Waals surface area (Å²) in [5.41, 5.74) is 1.04. The molecule has 0 aliphatic carbocycles. The summed E-state index contributed by atoms with van der Waals surface area (Å²) in [5, 5.41) is 9.04. The molecule has 0 saturated carbocycles. The normalized spacial score (nSPS) is 19.8. The van der Waals surface area contributed by atoms with Gasteiger partial charge in [-0.15, -0.1) is 0 Å². The molecule has 1 N–H and O–H groups in total. The first-order chi connectivity index (χ1) is 8.00. The number of benzene rings is 1. The van der Waals surface area contributed by atoms with E-state index in [9.17, 15) is 14.0 Å². The second-order valence-corrected chi connectivity index (χ2v) is 4.09. The van der Waals surface area contributed by atoms with E-state index >= 15 is 0 Å². The van der Waals surface area contributed by atoms with Gasteiger partial charge < -0.3 is 5.11 Å². The number of hydrogen-bond acceptors (Lipinski definition) is 2. The van der Waals surface area contributed by atoms with Crippen LogP contribution in [0.15, 0.2) is 18.2 Å². The fraction of sp³-hybridized carbons (Fsp3) is 0.333. The van der Waals surface area contributed by atoms with Gasteiger partial charge in [0.2, 0.25) is 5.91 Å². The summed E-state index contributed by atoms with van der Waals surface area (Å²) in [5.74, 6) is -1.66. The summed E-state index contributed by atoms with van der Waals surface area (Å²) < 4.78 is 13.0. The zero-order valence-corrected chi connectivity index (χ0v) is 9.31. The topological polar surface area (TPSA) is 57.6 Å². The van der Waals surface area contributed by atoms with Gasteiger partial charge in [-0.25, -0.2) is 9.18 Å². The van der Waals surface area contributed by atoms with Crippen molar-refractivity contribution in [3.05, 3.63) is 29.6 Å². The number of aliphatic carboxylic acids is 1. The minimum absolute atomic E-state index is 0.216. The first kappa shape index (κ1) is 11.6. The molecule has 1 atom stereocenters. The molecule has 1 aliphatic rings. The Labute approximate surface area is 97.7 Å². The predicted octanol–water partition coefficient (Wildman–Crippen LogP) is 1.71. The average Bonchev–Trinajstić information content (AvgIpc) is 2.60. The highest BCUT2D eigenvalue weighted by Crippen LogP contribution is 2.29. The van der Waals surface area contributed by atoms with Crippen LogP contribution in [0.1, 0.15) is 18.4 Å². The van der Waals surface area contributed by atoms with E-state index in [4.69, 9.17) is 5.11 Å². The Bertz CT molecular complexity index is 487. The van der Waals surface area contributed by atoms with E-state index in [1.54, 1.807) is 6.92 Å². The third-order valence-electron chi connectivity index (χ3n) is 2.92. The van der Waals surface area contributed by atoms with Crippen molar-refractivity contribution in [2.45, 2.75) is 25.8 Å². The summed E-state index contributed by atoms with van der Waals surface area (Å²) >= 11 is 0. The molecule has 0 bridgehead atoms. The first-order valence-electron chi connectivity index (χ1n) is 5.31. The fourth-order valence-electron chi connectivity index (χ4n) is 2.11. The zero-order chi connectivity index (χ0) is 12.6. The Morgan fingerprint density at radius 1 is 1.53 bits per heavy atom. The van der Waals surface area contributed by atoms with E-state index in [0.717, 1.165) is 0 Å². The third kappa shape index (κ3) is 2.00. The molecule has 5 heteroatoms. The smallest absolute Gasteiger partial charge is 0.326 e. The lowest BCUT2D eigenvalue weighted by Crippen LogP contribution is -2.39. The molecular formula is C12H12FNO3. The predicted molar refractivity (Wildman–Crippen MR) is 59.3 cm³/mol. The van der Waals surface area contributed by atoms with Crippen molar-refractivity contribution < 1.29 is 19.1 Å². The van der Waals surface area contributed by atoms with Gasteiger partial charge in [-0.3, -0.25) is 9.69 Å². The van der Waals surface area contributed by atoms with Gasteiger partial charge in [0.15, 0.2) is 0 Å². The van der Waals surface area contributed by atoms with Crippen molar-refractivity contribution in [1.29, 1.82) is 0 Å². The monoisotopic (exact) mass is 237 g/mol. The molecule has 2 rings (SSSR count). The molecule has 17 heavy (non-hydrogen) atoms. The van der Waals surface area contributed by atoms with E-state index < -0.39 is 17.8 Å². The van der Waals surface area contributed by atoms with Gasteiger partial charge in [0, 0.05) is 12.1 Å². The van der Waals surface area contributed by atoms with Crippen LogP contribution in [-0.2, 0) is 9.59 Å². The first-order valence-corrected chi connectivity index (χ1v) is 5.31. The molecular weight excluding hydrogens is 225 g/mol. The number of carboxylic acid groups (broad SMARTS) is 1. The number of amides is 1. The van der Waals surface area contributed by atoms with Crippen molar-refractivity contribution in [3.8, 4) is 0 Å². The highest BCUT2D eigenvalue weighted by molar-refractivity contribution is 6.02. The lowest BCUT2D eigenvalue weighted by Gasteiger charge is -2.23. The SMILES string of the molecule is Cc1cc(F)ccc1N1C(=O)CCC1C(=O)O. The Balaban J connectivity index is 2.43. The van der Waals surface area contributed by atoms with Crippen molar-refractivity contribution >= 4 is 17.6 Å². The van der Waals surface area contributed by atoms with Crippen LogP contribution in [0.5, 0.6) is 0 Å². The molecule has 1 amide bonds. The van der Waals surface area contributed by atoms with Gasteiger partial charge in [-0.05, 0) is 37.1 Å². The Hall–Kier alpha value is -1.91. The van der Waals surface area contributed by atoms with Gasteiger partial charge in [0.25, 0.3) is 0 Å². The van der Waals surface area contributed by atoms with Crippen LogP contribution >= 0.6 is 0 Å². The van der Waals surface area contributed by atoms with E-state index in [1.165, 1.54) is 23.1 Å². The molecule has 0 radical (unpaired) electrons. The molecule has 1 saturated heterocycles. The number of nitrogens with zero attached hydrogens (tertiary/aromatic N) is 1. The van der Waals surface area contributed by atoms with Crippen molar-refractivity contribution in [2.75, 3.05) is 4.90 Å². The highest BCUT2D eigenvalue weighted by Gasteiger charge is 2.37. The molecule has 1 aromatic rings. The average molecular weight is 237 g/mol. The molecule has 0 spiro atoms. The molecule has 0 aromatic heterocycles. The van der Waals surface area contributed by atoms with Crippen LogP contribution in [0, 0.1) is 12.7 Å². The fourth-order valence-corrected chi connectivity index (χ4v) is 2.11. The van der Waals surface area contributed by atoms with Crippen molar-refractivity contribution in [1.82, 2.24) is 0 Å². The second kappa shape index (κ2) is 4.16. The van der Waals surface area contributed by atoms with Crippen LogP contribution in [0.4, 0.5) is 10.1 Å². The number of carboxylic acids is 1. The highest BCUT2D eigenvalue weighted by atomic mass is 19.1. The standard InChI is InChI=1S/C12H12FNO3/c1-7-6-8(13)2-3-9(7)14-10(12(16)17)4-5-11(14)15/h2-3,6,10H,4-5H2,1H3,(H,16,17).